The van der Waals surface area contributed by atoms with E-state index < -0.39 is 0 Å². The Morgan fingerprint density at radius 1 is 1.31 bits per heavy atom. The molecule has 0 amide bonds. The maximum Gasteiger partial charge on any atom is 0.0208 e. The molecule has 0 aromatic heterocycles. The molecule has 0 bridgehead atoms. The van der Waals surface area contributed by atoms with E-state index in [4.69, 9.17) is 0 Å². The summed E-state index contributed by atoms with van der Waals surface area (Å²) in [5.41, 5.74) is 2.44. The monoisotopic (exact) mass is 215 g/mol. The van der Waals surface area contributed by atoms with Crippen molar-refractivity contribution in [3.05, 3.63) is 42.5 Å². The van der Waals surface area contributed by atoms with Crippen molar-refractivity contribution in [2.75, 3.05) is 6.54 Å². The summed E-state index contributed by atoms with van der Waals surface area (Å²) in [5.74, 6) is 0.823. The minimum absolute atomic E-state index is 0.695. The first-order valence-electron chi connectivity index (χ1n) is 6.24. The van der Waals surface area contributed by atoms with E-state index in [1.165, 1.54) is 30.4 Å². The molecule has 0 saturated heterocycles. The molecule has 16 heavy (non-hydrogen) atoms. The average Bonchev–Trinajstić information content (AvgIpc) is 2.73. The zero-order chi connectivity index (χ0) is 11.4. The molecule has 2 unspecified atom stereocenters. The molecule has 0 radical (unpaired) electrons. The van der Waals surface area contributed by atoms with Gasteiger partial charge < -0.3 is 5.32 Å². The highest BCUT2D eigenvalue weighted by molar-refractivity contribution is 5.64. The summed E-state index contributed by atoms with van der Waals surface area (Å²) in [4.78, 5) is 0. The molecule has 1 aliphatic carbocycles. The second kappa shape index (κ2) is 5.31. The van der Waals surface area contributed by atoms with Gasteiger partial charge in [0.1, 0.15) is 0 Å². The van der Waals surface area contributed by atoms with E-state index in [9.17, 15) is 0 Å². The minimum atomic E-state index is 0.695. The van der Waals surface area contributed by atoms with E-state index in [0.717, 1.165) is 12.5 Å². The molecule has 1 aliphatic rings. The fourth-order valence-electron chi connectivity index (χ4n) is 2.48. The lowest BCUT2D eigenvalue weighted by Crippen LogP contribution is -2.32. The quantitative estimate of drug-likeness (QED) is 0.811. The summed E-state index contributed by atoms with van der Waals surface area (Å²) in [6.07, 6.45) is 4.06. The average molecular weight is 215 g/mol. The third-order valence-electron chi connectivity index (χ3n) is 3.62. The van der Waals surface area contributed by atoms with Gasteiger partial charge in [-0.05, 0) is 29.9 Å². The predicted octanol–water partition coefficient (Wildman–Crippen LogP) is 3.48. The maximum atomic E-state index is 4.15. The van der Waals surface area contributed by atoms with Crippen LogP contribution >= 0.6 is 0 Å². The molecule has 2 atom stereocenters. The topological polar surface area (TPSA) is 12.0 Å². The molecule has 0 spiro atoms. The van der Waals surface area contributed by atoms with E-state index in [1.807, 2.05) is 6.07 Å². The summed E-state index contributed by atoms with van der Waals surface area (Å²) in [7, 11) is 0. The molecule has 1 saturated carbocycles. The summed E-state index contributed by atoms with van der Waals surface area (Å²) in [5, 5.41) is 3.63. The van der Waals surface area contributed by atoms with Crippen LogP contribution in [0.5, 0.6) is 0 Å². The first-order chi connectivity index (χ1) is 7.77. The Hall–Kier alpha value is -1.08. The van der Waals surface area contributed by atoms with Gasteiger partial charge in [0.15, 0.2) is 0 Å². The lowest BCUT2D eigenvalue weighted by molar-refractivity contribution is 0.447. The fourth-order valence-corrected chi connectivity index (χ4v) is 2.48. The van der Waals surface area contributed by atoms with Gasteiger partial charge in [0.25, 0.3) is 0 Å². The highest BCUT2D eigenvalue weighted by Crippen LogP contribution is 2.25. The largest absolute Gasteiger partial charge is 0.310 e. The van der Waals surface area contributed by atoms with Gasteiger partial charge in [-0.2, -0.15) is 0 Å². The van der Waals surface area contributed by atoms with Crippen LogP contribution in [0.2, 0.25) is 0 Å². The third-order valence-corrected chi connectivity index (χ3v) is 3.62. The maximum absolute atomic E-state index is 4.15. The van der Waals surface area contributed by atoms with E-state index in [0.29, 0.717) is 6.04 Å². The molecule has 1 aromatic carbocycles. The zero-order valence-corrected chi connectivity index (χ0v) is 10.1. The van der Waals surface area contributed by atoms with Gasteiger partial charge in [-0.25, -0.2) is 0 Å². The van der Waals surface area contributed by atoms with Gasteiger partial charge in [-0.3, -0.25) is 0 Å². The second-order valence-electron chi connectivity index (χ2n) is 4.87. The van der Waals surface area contributed by atoms with Crippen molar-refractivity contribution in [3.63, 3.8) is 0 Å². The van der Waals surface area contributed by atoms with Crippen molar-refractivity contribution in [2.45, 2.75) is 32.2 Å². The van der Waals surface area contributed by atoms with E-state index in [2.05, 4.69) is 43.1 Å². The van der Waals surface area contributed by atoms with E-state index in [-0.39, 0.29) is 0 Å². The summed E-state index contributed by atoms with van der Waals surface area (Å²) in [6, 6.07) is 11.1. The van der Waals surface area contributed by atoms with Gasteiger partial charge in [0.2, 0.25) is 0 Å². The van der Waals surface area contributed by atoms with Crippen LogP contribution in [0.4, 0.5) is 0 Å². The molecule has 1 aromatic rings. The van der Waals surface area contributed by atoms with Crippen molar-refractivity contribution in [3.8, 4) is 0 Å². The summed E-state index contributed by atoms with van der Waals surface area (Å²) >= 11 is 0. The molecular weight excluding hydrogens is 194 g/mol. The first-order valence-corrected chi connectivity index (χ1v) is 6.24. The first kappa shape index (κ1) is 11.4. The molecule has 0 heterocycles. The fraction of sp³-hybridized carbons (Fsp3) is 0.467. The van der Waals surface area contributed by atoms with Crippen LogP contribution in [-0.2, 0) is 0 Å². The standard InChI is InChI=1S/C15H21N/c1-12-7-6-10-15(12)16-11-13(2)14-8-4-3-5-9-14/h3-5,8-9,12,15-16H,2,6-7,10-11H2,1H3. The number of rotatable bonds is 4. The van der Waals surface area contributed by atoms with E-state index in [1.54, 1.807) is 0 Å². The lowest BCUT2D eigenvalue weighted by Gasteiger charge is -2.18. The van der Waals surface area contributed by atoms with Crippen molar-refractivity contribution in [1.29, 1.82) is 0 Å². The van der Waals surface area contributed by atoms with Crippen LogP contribution < -0.4 is 5.32 Å². The van der Waals surface area contributed by atoms with Crippen molar-refractivity contribution in [1.82, 2.24) is 5.32 Å². The Labute approximate surface area is 98.6 Å². The Morgan fingerprint density at radius 2 is 2.06 bits per heavy atom. The van der Waals surface area contributed by atoms with Crippen molar-refractivity contribution < 1.29 is 0 Å². The van der Waals surface area contributed by atoms with Gasteiger partial charge in [0, 0.05) is 12.6 Å². The molecule has 0 aliphatic heterocycles. The number of hydrogen-bond acceptors (Lipinski definition) is 1. The van der Waals surface area contributed by atoms with E-state index >= 15 is 0 Å². The predicted molar refractivity (Wildman–Crippen MR) is 70.3 cm³/mol. The summed E-state index contributed by atoms with van der Waals surface area (Å²) in [6.45, 7) is 7.41. The third kappa shape index (κ3) is 2.73. The lowest BCUT2D eigenvalue weighted by atomic mass is 10.0. The molecule has 2 rings (SSSR count). The molecular formula is C15H21N. The molecule has 1 nitrogen and oxygen atoms in total. The number of nitrogens with one attached hydrogen (secondary N) is 1. The molecule has 1 fully saturated rings. The van der Waals surface area contributed by atoms with Crippen molar-refractivity contribution in [2.24, 2.45) is 5.92 Å². The van der Waals surface area contributed by atoms with Gasteiger partial charge in [-0.1, -0.05) is 50.3 Å². The SMILES string of the molecule is C=C(CNC1CCCC1C)c1ccccc1. The number of benzene rings is 1. The van der Waals surface area contributed by atoms with Crippen molar-refractivity contribution >= 4 is 5.57 Å². The van der Waals surface area contributed by atoms with Crippen LogP contribution in [0.25, 0.3) is 5.57 Å². The highest BCUT2D eigenvalue weighted by atomic mass is 14.9. The van der Waals surface area contributed by atoms with Gasteiger partial charge in [-0.15, -0.1) is 0 Å². The molecule has 1 N–H and O–H groups in total. The second-order valence-corrected chi connectivity index (χ2v) is 4.87. The Kier molecular flexibility index (Phi) is 3.79. The van der Waals surface area contributed by atoms with Gasteiger partial charge >= 0.3 is 0 Å². The summed E-state index contributed by atoms with van der Waals surface area (Å²) < 4.78 is 0. The van der Waals surface area contributed by atoms with Crippen LogP contribution in [0.15, 0.2) is 36.9 Å². The molecule has 86 valence electrons. The minimum Gasteiger partial charge on any atom is -0.310 e. The van der Waals surface area contributed by atoms with Gasteiger partial charge in [0.05, 0.1) is 0 Å². The van der Waals surface area contributed by atoms with Crippen LogP contribution in [0.3, 0.4) is 0 Å². The van der Waals surface area contributed by atoms with Crippen LogP contribution in [0.1, 0.15) is 31.7 Å². The Balaban J connectivity index is 1.84. The highest BCUT2D eigenvalue weighted by Gasteiger charge is 2.22. The van der Waals surface area contributed by atoms with Crippen LogP contribution in [-0.4, -0.2) is 12.6 Å². The molecule has 1 heteroatoms. The number of hydrogen-bond donors (Lipinski definition) is 1. The van der Waals surface area contributed by atoms with Crippen LogP contribution in [0, 0.1) is 5.92 Å². The Bertz CT molecular complexity index is 342. The smallest absolute Gasteiger partial charge is 0.0208 e. The zero-order valence-electron chi connectivity index (χ0n) is 10.1. The Morgan fingerprint density at radius 3 is 2.69 bits per heavy atom. The normalized spacial score (nSPS) is 24.6.